The molecule has 0 saturated heterocycles. The molecule has 11 aromatic rings. The Morgan fingerprint density at radius 1 is 0.438 bits per heavy atom. The van der Waals surface area contributed by atoms with Crippen LogP contribution in [0.25, 0.3) is 54.3 Å². The molecule has 2 aliphatic heterocycles. The Bertz CT molecular complexity index is 4660. The van der Waals surface area contributed by atoms with Crippen LogP contribution < -0.4 is 24.9 Å². The van der Waals surface area contributed by atoms with Crippen LogP contribution >= 0.6 is 11.3 Å². The number of furan rings is 1. The summed E-state index contributed by atoms with van der Waals surface area (Å²) in [5.41, 5.74) is 28.2. The second-order valence-electron chi connectivity index (χ2n) is 32.5. The predicted molar refractivity (Wildman–Crippen MR) is 385 cm³/mol. The van der Waals surface area contributed by atoms with Crippen molar-refractivity contribution in [2.24, 2.45) is 0 Å². The normalized spacial score (nSPS) is 16.3. The molecule has 0 spiro atoms. The van der Waals surface area contributed by atoms with Gasteiger partial charge in [-0.15, -0.1) is 11.3 Å². The minimum absolute atomic E-state index is 0.0165. The first kappa shape index (κ1) is 57.6. The number of fused-ring (bicyclic) bond motifs is 14. The van der Waals surface area contributed by atoms with E-state index in [1.54, 1.807) is 0 Å². The van der Waals surface area contributed by atoms with Gasteiger partial charge in [0, 0.05) is 70.7 Å². The van der Waals surface area contributed by atoms with Crippen molar-refractivity contribution in [3.05, 3.63) is 214 Å². The molecule has 15 rings (SSSR count). The van der Waals surface area contributed by atoms with Crippen molar-refractivity contribution >= 4 is 106 Å². The van der Waals surface area contributed by atoms with E-state index in [1.165, 1.54) is 104 Å². The number of thiophene rings is 1. The minimum Gasteiger partial charge on any atom is -0.454 e. The van der Waals surface area contributed by atoms with Gasteiger partial charge in [0.25, 0.3) is 0 Å². The second kappa shape index (κ2) is 19.1. The van der Waals surface area contributed by atoms with Crippen molar-refractivity contribution < 1.29 is 4.42 Å². The molecule has 0 unspecified atom stereocenters. The lowest BCUT2D eigenvalue weighted by Gasteiger charge is -2.45. The van der Waals surface area contributed by atoms with E-state index in [0.29, 0.717) is 0 Å². The van der Waals surface area contributed by atoms with Gasteiger partial charge in [0.1, 0.15) is 5.58 Å². The number of hydrogen-bond acceptors (Lipinski definition) is 5. The van der Waals surface area contributed by atoms with E-state index in [4.69, 9.17) is 4.42 Å². The summed E-state index contributed by atoms with van der Waals surface area (Å²) in [7, 11) is 0. The summed E-state index contributed by atoms with van der Waals surface area (Å²) in [5, 5.41) is 3.58. The first-order chi connectivity index (χ1) is 41.9. The van der Waals surface area contributed by atoms with Crippen LogP contribution in [-0.4, -0.2) is 6.85 Å². The lowest BCUT2D eigenvalue weighted by molar-refractivity contribution is 0.332. The minimum atomic E-state index is -0.312. The summed E-state index contributed by atoms with van der Waals surface area (Å²) in [6, 6.07) is 66.7. The SMILES string of the molecule is CC(C)(C)c1ccc(N2B3c4sc5cc6c(cc5c4N(c4ccc(C(C)(C)C)cc4)c4c3c(cc3c4oc4ccccc43)-c3cc4c(cc32)C(C)(C)c2ccc(N(c3ccc(C(C)(C)C)cc3)c3ccc(C(C)(C)C)cc3)cc2-4)C(C)(C)CCC6(C)C)cc1. The molecule has 6 heteroatoms. The van der Waals surface area contributed by atoms with Gasteiger partial charge >= 0.3 is 6.85 Å². The lowest BCUT2D eigenvalue weighted by atomic mass is 9.46. The van der Waals surface area contributed by atoms with E-state index >= 15 is 0 Å². The van der Waals surface area contributed by atoms with Crippen LogP contribution in [-0.2, 0) is 37.9 Å². The van der Waals surface area contributed by atoms with Gasteiger partial charge in [-0.05, 0) is 209 Å². The molecule has 9 aromatic carbocycles. The Morgan fingerprint density at radius 3 is 1.51 bits per heavy atom. The molecular formula is C83H86BN3OS. The van der Waals surface area contributed by atoms with Crippen LogP contribution in [0, 0.1) is 0 Å². The molecule has 2 aliphatic carbocycles. The van der Waals surface area contributed by atoms with Crippen LogP contribution in [0.1, 0.15) is 182 Å². The monoisotopic (exact) mass is 1180 g/mol. The van der Waals surface area contributed by atoms with Gasteiger partial charge in [-0.2, -0.15) is 0 Å². The summed E-state index contributed by atoms with van der Waals surface area (Å²) in [6.45, 7) is 42.3. The molecule has 4 nitrogen and oxygen atoms in total. The summed E-state index contributed by atoms with van der Waals surface area (Å²) in [6.07, 6.45) is 2.31. The molecule has 0 radical (unpaired) electrons. The number of benzene rings is 9. The summed E-state index contributed by atoms with van der Waals surface area (Å²) in [5.74, 6) is 0. The van der Waals surface area contributed by atoms with Gasteiger partial charge in [-0.3, -0.25) is 0 Å². The molecule has 448 valence electrons. The first-order valence-electron chi connectivity index (χ1n) is 32.6. The zero-order valence-electron chi connectivity index (χ0n) is 55.8. The van der Waals surface area contributed by atoms with Gasteiger partial charge in [0.2, 0.25) is 0 Å². The fourth-order valence-corrected chi connectivity index (χ4v) is 16.9. The van der Waals surface area contributed by atoms with Crippen LogP contribution in [0.4, 0.5) is 45.5 Å². The number of nitrogens with zero attached hydrogens (tertiary/aromatic N) is 3. The Labute approximate surface area is 533 Å². The molecule has 0 atom stereocenters. The average Bonchev–Trinajstić information content (AvgIpc) is 1.63. The highest BCUT2D eigenvalue weighted by Gasteiger charge is 2.51. The average molecular weight is 1180 g/mol. The molecular weight excluding hydrogens is 1100 g/mol. The molecule has 0 N–H and O–H groups in total. The molecule has 0 fully saturated rings. The molecule has 4 heterocycles. The lowest BCUT2D eigenvalue weighted by Crippen LogP contribution is -2.60. The zero-order valence-corrected chi connectivity index (χ0v) is 56.6. The van der Waals surface area contributed by atoms with Crippen LogP contribution in [0.15, 0.2) is 174 Å². The Hall–Kier alpha value is -7.80. The number of hydrogen-bond donors (Lipinski definition) is 0. The molecule has 0 amide bonds. The van der Waals surface area contributed by atoms with Crippen molar-refractivity contribution in [3.8, 4) is 22.3 Å². The van der Waals surface area contributed by atoms with Gasteiger partial charge in [-0.25, -0.2) is 0 Å². The largest absolute Gasteiger partial charge is 0.454 e. The van der Waals surface area contributed by atoms with Crippen LogP contribution in [0.3, 0.4) is 0 Å². The number of para-hydroxylation sites is 1. The second-order valence-corrected chi connectivity index (χ2v) is 33.6. The van der Waals surface area contributed by atoms with Gasteiger partial charge in [0.05, 0.1) is 11.4 Å². The Morgan fingerprint density at radius 2 is 0.944 bits per heavy atom. The Balaban J connectivity index is 1.04. The van der Waals surface area contributed by atoms with Crippen LogP contribution in [0.5, 0.6) is 0 Å². The maximum Gasteiger partial charge on any atom is 0.343 e. The first-order valence-corrected chi connectivity index (χ1v) is 33.5. The summed E-state index contributed by atoms with van der Waals surface area (Å²) in [4.78, 5) is 7.86. The van der Waals surface area contributed by atoms with Crippen molar-refractivity contribution in [2.45, 2.75) is 175 Å². The predicted octanol–water partition coefficient (Wildman–Crippen LogP) is 22.8. The van der Waals surface area contributed by atoms with Crippen molar-refractivity contribution in [1.29, 1.82) is 0 Å². The number of anilines is 8. The third-order valence-electron chi connectivity index (χ3n) is 21.1. The third kappa shape index (κ3) is 8.87. The zero-order chi connectivity index (χ0) is 62.6. The fraction of sp³-hybridized carbons (Fsp3) is 0.325. The third-order valence-corrected chi connectivity index (χ3v) is 22.3. The molecule has 2 aromatic heterocycles. The quantitative estimate of drug-likeness (QED) is 0.160. The summed E-state index contributed by atoms with van der Waals surface area (Å²) < 4.78 is 10.1. The smallest absolute Gasteiger partial charge is 0.343 e. The van der Waals surface area contributed by atoms with Crippen molar-refractivity contribution in [3.63, 3.8) is 0 Å². The number of rotatable bonds is 5. The van der Waals surface area contributed by atoms with Crippen molar-refractivity contribution in [2.75, 3.05) is 14.6 Å². The topological polar surface area (TPSA) is 22.9 Å². The highest BCUT2D eigenvalue weighted by molar-refractivity contribution is 7.32. The van der Waals surface area contributed by atoms with Crippen molar-refractivity contribution in [1.82, 2.24) is 0 Å². The van der Waals surface area contributed by atoms with E-state index in [1.807, 2.05) is 11.3 Å². The van der Waals surface area contributed by atoms with E-state index in [-0.39, 0.29) is 44.8 Å². The summed E-state index contributed by atoms with van der Waals surface area (Å²) >= 11 is 2.01. The Kier molecular flexibility index (Phi) is 12.4. The van der Waals surface area contributed by atoms with Gasteiger partial charge < -0.3 is 19.0 Å². The maximum atomic E-state index is 7.43. The van der Waals surface area contributed by atoms with E-state index in [2.05, 4.69) is 309 Å². The van der Waals surface area contributed by atoms with E-state index in [9.17, 15) is 0 Å². The van der Waals surface area contributed by atoms with Crippen LogP contribution in [0.2, 0.25) is 0 Å². The van der Waals surface area contributed by atoms with E-state index in [0.717, 1.165) is 63.2 Å². The van der Waals surface area contributed by atoms with Gasteiger partial charge in [0.15, 0.2) is 5.58 Å². The maximum absolute atomic E-state index is 7.43. The molecule has 4 aliphatic rings. The molecule has 89 heavy (non-hydrogen) atoms. The standard InChI is InChI=1S/C83H86BN3OS/c1-77(2,3)49-23-31-53(32-24-49)85(54-33-25-50(26-34-54)78(4,5)6)57-39-40-65-59(43-57)60-44-61-62-45-63-58-21-19-20-22-70(58)88-75(63)74-72(62)84(87(69(61)47-66(60)83(65,17)18)56-37-29-52(30-38-56)80(10,11)12)76-73(86(74)55-35-27-51(28-36-55)79(7,8)9)64-46-67-68(48-71(64)89-76)82(15,16)42-41-81(67,13)14/h19-40,43-48H,41-42H2,1-18H3. The highest BCUT2D eigenvalue weighted by Crippen LogP contribution is 2.59. The fourth-order valence-electron chi connectivity index (χ4n) is 15.6. The highest BCUT2D eigenvalue weighted by atomic mass is 32.1. The van der Waals surface area contributed by atoms with Gasteiger partial charge in [-0.1, -0.05) is 197 Å². The molecule has 0 bridgehead atoms. The molecule has 0 saturated carbocycles. The van der Waals surface area contributed by atoms with E-state index < -0.39 is 0 Å².